The number of hydrogen-bond donors (Lipinski definition) is 2. The molecule has 1 aliphatic carbocycles. The Balaban J connectivity index is 2.44. The summed E-state index contributed by atoms with van der Waals surface area (Å²) in [6.07, 6.45) is 1.94. The van der Waals surface area contributed by atoms with E-state index in [0.717, 1.165) is 22.9 Å². The molecule has 16 heavy (non-hydrogen) atoms. The number of hydrogen-bond acceptors (Lipinski definition) is 4. The van der Waals surface area contributed by atoms with Crippen LogP contribution in [0.4, 0.5) is 0 Å². The highest BCUT2D eigenvalue weighted by molar-refractivity contribution is 9.10. The quantitative estimate of drug-likeness (QED) is 0.833. The van der Waals surface area contributed by atoms with Crippen molar-refractivity contribution < 1.29 is 14.7 Å². The van der Waals surface area contributed by atoms with E-state index in [2.05, 4.69) is 15.9 Å². The van der Waals surface area contributed by atoms with E-state index in [0.29, 0.717) is 12.4 Å². The molecule has 0 spiro atoms. The summed E-state index contributed by atoms with van der Waals surface area (Å²) in [6.45, 7) is 0.417. The first-order valence-electron chi connectivity index (χ1n) is 5.01. The first kappa shape index (κ1) is 11.7. The minimum atomic E-state index is -0.143. The highest BCUT2D eigenvalue weighted by Gasteiger charge is 2.47. The van der Waals surface area contributed by atoms with E-state index in [-0.39, 0.29) is 11.2 Å². The highest BCUT2D eigenvalue weighted by atomic mass is 79.9. The van der Waals surface area contributed by atoms with Crippen molar-refractivity contribution in [3.63, 3.8) is 0 Å². The van der Waals surface area contributed by atoms with Crippen molar-refractivity contribution in [2.24, 2.45) is 5.90 Å². The molecule has 0 heterocycles. The van der Waals surface area contributed by atoms with E-state index in [9.17, 15) is 5.11 Å². The topological polar surface area (TPSA) is 64.7 Å². The van der Waals surface area contributed by atoms with Gasteiger partial charge in [-0.05, 0) is 25.0 Å². The second-order valence-corrected chi connectivity index (χ2v) is 5.01. The molecule has 0 atom stereocenters. The van der Waals surface area contributed by atoms with Gasteiger partial charge in [-0.1, -0.05) is 15.9 Å². The van der Waals surface area contributed by atoms with Crippen molar-refractivity contribution in [3.05, 3.63) is 22.2 Å². The fraction of sp³-hybridized carbons (Fsp3) is 0.455. The van der Waals surface area contributed by atoms with E-state index < -0.39 is 0 Å². The maximum atomic E-state index is 10.1. The second-order valence-electron chi connectivity index (χ2n) is 4.10. The standard InChI is InChI=1S/C11H14BrNO3/c1-15-9-5-7(12)4-8(10(9)14)11(2-3-11)6-16-13/h4-5,14H,2-3,6,13H2,1H3. The molecule has 5 heteroatoms. The average Bonchev–Trinajstić information content (AvgIpc) is 3.02. The van der Waals surface area contributed by atoms with Crippen LogP contribution in [0.2, 0.25) is 0 Å². The zero-order valence-electron chi connectivity index (χ0n) is 9.00. The Morgan fingerprint density at radius 3 is 2.69 bits per heavy atom. The number of ether oxygens (including phenoxy) is 1. The minimum absolute atomic E-state index is 0.143. The van der Waals surface area contributed by atoms with Gasteiger partial charge < -0.3 is 14.7 Å². The van der Waals surface area contributed by atoms with Gasteiger partial charge >= 0.3 is 0 Å². The van der Waals surface area contributed by atoms with Gasteiger partial charge in [0.05, 0.1) is 13.7 Å². The highest BCUT2D eigenvalue weighted by Crippen LogP contribution is 2.53. The molecule has 0 radical (unpaired) electrons. The Labute approximate surface area is 102 Å². The fourth-order valence-corrected chi connectivity index (χ4v) is 2.37. The second kappa shape index (κ2) is 4.24. The van der Waals surface area contributed by atoms with Crippen LogP contribution in [0.3, 0.4) is 0 Å². The molecule has 0 unspecified atom stereocenters. The third-order valence-corrected chi connectivity index (χ3v) is 3.50. The van der Waals surface area contributed by atoms with E-state index in [1.54, 1.807) is 6.07 Å². The molecule has 0 aliphatic heterocycles. The van der Waals surface area contributed by atoms with E-state index in [1.165, 1.54) is 7.11 Å². The van der Waals surface area contributed by atoms with Crippen LogP contribution in [0.1, 0.15) is 18.4 Å². The zero-order valence-corrected chi connectivity index (χ0v) is 10.6. The summed E-state index contributed by atoms with van der Waals surface area (Å²) in [5.41, 5.74) is 0.694. The van der Waals surface area contributed by atoms with Gasteiger partial charge in [-0.3, -0.25) is 0 Å². The van der Waals surface area contributed by atoms with Crippen molar-refractivity contribution in [2.75, 3.05) is 13.7 Å². The van der Waals surface area contributed by atoms with Crippen LogP contribution >= 0.6 is 15.9 Å². The summed E-state index contributed by atoms with van der Waals surface area (Å²) in [5, 5.41) is 10.1. The third kappa shape index (κ3) is 1.90. The Hall–Kier alpha value is -0.780. The van der Waals surface area contributed by atoms with Crippen LogP contribution in [0.25, 0.3) is 0 Å². The molecule has 0 saturated heterocycles. The lowest BCUT2D eigenvalue weighted by atomic mass is 9.95. The largest absolute Gasteiger partial charge is 0.504 e. The van der Waals surface area contributed by atoms with Crippen molar-refractivity contribution in [1.82, 2.24) is 0 Å². The molecule has 0 amide bonds. The monoisotopic (exact) mass is 287 g/mol. The summed E-state index contributed by atoms with van der Waals surface area (Å²) in [5.74, 6) is 5.77. The van der Waals surface area contributed by atoms with Gasteiger partial charge in [0.15, 0.2) is 11.5 Å². The zero-order chi connectivity index (χ0) is 11.8. The number of phenols is 1. The number of halogens is 1. The molecule has 3 N–H and O–H groups in total. The normalized spacial score (nSPS) is 17.2. The van der Waals surface area contributed by atoms with Crippen molar-refractivity contribution in [1.29, 1.82) is 0 Å². The van der Waals surface area contributed by atoms with Crippen molar-refractivity contribution in [2.45, 2.75) is 18.3 Å². The number of nitrogens with two attached hydrogens (primary N) is 1. The lowest BCUT2D eigenvalue weighted by Gasteiger charge is -2.17. The molecule has 1 saturated carbocycles. The van der Waals surface area contributed by atoms with Gasteiger partial charge in [0, 0.05) is 15.5 Å². The summed E-state index contributed by atoms with van der Waals surface area (Å²) in [6, 6.07) is 3.63. The van der Waals surface area contributed by atoms with E-state index in [1.807, 2.05) is 6.07 Å². The fourth-order valence-electron chi connectivity index (χ4n) is 1.94. The summed E-state index contributed by atoms with van der Waals surface area (Å²) >= 11 is 3.40. The Kier molecular flexibility index (Phi) is 3.10. The Morgan fingerprint density at radius 1 is 1.50 bits per heavy atom. The van der Waals surface area contributed by atoms with Crippen molar-refractivity contribution in [3.8, 4) is 11.5 Å². The number of aromatic hydroxyl groups is 1. The van der Waals surface area contributed by atoms with Gasteiger partial charge in [-0.2, -0.15) is 0 Å². The van der Waals surface area contributed by atoms with Crippen LogP contribution in [0.5, 0.6) is 11.5 Å². The van der Waals surface area contributed by atoms with Crippen LogP contribution in [0.15, 0.2) is 16.6 Å². The van der Waals surface area contributed by atoms with Crippen LogP contribution in [0, 0.1) is 0 Å². The maximum absolute atomic E-state index is 10.1. The van der Waals surface area contributed by atoms with E-state index >= 15 is 0 Å². The van der Waals surface area contributed by atoms with E-state index in [4.69, 9.17) is 15.5 Å². The SMILES string of the molecule is COc1cc(Br)cc(C2(CON)CC2)c1O. The number of benzene rings is 1. The lowest BCUT2D eigenvalue weighted by molar-refractivity contribution is 0.115. The molecule has 88 valence electrons. The first-order valence-corrected chi connectivity index (χ1v) is 5.81. The molecule has 1 aromatic rings. The van der Waals surface area contributed by atoms with Gasteiger partial charge in [-0.25, -0.2) is 5.90 Å². The Bertz CT molecular complexity index is 404. The van der Waals surface area contributed by atoms with Crippen molar-refractivity contribution >= 4 is 15.9 Å². The number of rotatable bonds is 4. The van der Waals surface area contributed by atoms with Gasteiger partial charge in [-0.15, -0.1) is 0 Å². The molecule has 0 aromatic heterocycles. The van der Waals surface area contributed by atoms with Gasteiger partial charge in [0.2, 0.25) is 0 Å². The predicted octanol–water partition coefficient (Wildman–Crippen LogP) is 2.09. The minimum Gasteiger partial charge on any atom is -0.504 e. The number of methoxy groups -OCH3 is 1. The molecule has 2 rings (SSSR count). The summed E-state index contributed by atoms with van der Waals surface area (Å²) in [7, 11) is 1.53. The molecule has 1 aromatic carbocycles. The first-order chi connectivity index (χ1) is 7.63. The molecule has 1 aliphatic rings. The van der Waals surface area contributed by atoms with Gasteiger partial charge in [0.1, 0.15) is 0 Å². The van der Waals surface area contributed by atoms with Crippen LogP contribution < -0.4 is 10.6 Å². The average molecular weight is 288 g/mol. The predicted molar refractivity (Wildman–Crippen MR) is 63.4 cm³/mol. The molecule has 4 nitrogen and oxygen atoms in total. The molecular formula is C11H14BrNO3. The van der Waals surface area contributed by atoms with Crippen LogP contribution in [-0.2, 0) is 10.3 Å². The molecule has 0 bridgehead atoms. The third-order valence-electron chi connectivity index (χ3n) is 3.04. The molecule has 1 fully saturated rings. The lowest BCUT2D eigenvalue weighted by Crippen LogP contribution is -2.18. The Morgan fingerprint density at radius 2 is 2.19 bits per heavy atom. The maximum Gasteiger partial charge on any atom is 0.161 e. The summed E-state index contributed by atoms with van der Waals surface area (Å²) in [4.78, 5) is 4.72. The van der Waals surface area contributed by atoms with Crippen LogP contribution in [-0.4, -0.2) is 18.8 Å². The molecular weight excluding hydrogens is 274 g/mol. The summed E-state index contributed by atoms with van der Waals surface area (Å²) < 4.78 is 5.99. The number of phenolic OH excluding ortho intramolecular Hbond substituents is 1. The smallest absolute Gasteiger partial charge is 0.161 e. The van der Waals surface area contributed by atoms with Gasteiger partial charge in [0.25, 0.3) is 0 Å².